The summed E-state index contributed by atoms with van der Waals surface area (Å²) in [6.45, 7) is 1.70. The van der Waals surface area contributed by atoms with Gasteiger partial charge in [-0.05, 0) is 17.0 Å². The number of nitrogens with one attached hydrogen (secondary N) is 2. The van der Waals surface area contributed by atoms with E-state index in [4.69, 9.17) is 0 Å². The highest BCUT2D eigenvalue weighted by atomic mass is 32.1. The number of benzene rings is 1. The maximum Gasteiger partial charge on any atom is 0.225 e. The van der Waals surface area contributed by atoms with E-state index in [0.29, 0.717) is 32.6 Å². The van der Waals surface area contributed by atoms with Crippen LogP contribution < -0.4 is 10.6 Å². The lowest BCUT2D eigenvalue weighted by Gasteiger charge is -2.16. The molecule has 1 fully saturated rings. The van der Waals surface area contributed by atoms with Gasteiger partial charge in [0.2, 0.25) is 17.7 Å². The second-order valence-electron chi connectivity index (χ2n) is 6.56. The molecule has 7 heteroatoms. The van der Waals surface area contributed by atoms with Crippen molar-refractivity contribution in [3.63, 3.8) is 0 Å². The largest absolute Gasteiger partial charge is 0.354 e. The first-order valence-electron chi connectivity index (χ1n) is 9.00. The highest BCUT2D eigenvalue weighted by molar-refractivity contribution is 7.10. The molecule has 1 atom stereocenters. The van der Waals surface area contributed by atoms with Gasteiger partial charge >= 0.3 is 0 Å². The Morgan fingerprint density at radius 2 is 1.85 bits per heavy atom. The van der Waals surface area contributed by atoms with Gasteiger partial charge in [-0.3, -0.25) is 14.4 Å². The van der Waals surface area contributed by atoms with Crippen molar-refractivity contribution in [1.82, 2.24) is 15.5 Å². The molecule has 0 radical (unpaired) electrons. The van der Waals surface area contributed by atoms with Gasteiger partial charge in [-0.15, -0.1) is 11.3 Å². The van der Waals surface area contributed by atoms with Crippen LogP contribution in [-0.2, 0) is 27.3 Å². The zero-order valence-electron chi connectivity index (χ0n) is 15.0. The molecule has 2 aromatic rings. The smallest absolute Gasteiger partial charge is 0.225 e. The second kappa shape index (κ2) is 9.32. The first-order valence-corrected chi connectivity index (χ1v) is 9.88. The number of nitrogens with zero attached hydrogens (tertiary/aromatic N) is 1. The Balaban J connectivity index is 1.36. The van der Waals surface area contributed by atoms with Gasteiger partial charge in [-0.25, -0.2) is 0 Å². The fourth-order valence-electron chi connectivity index (χ4n) is 3.07. The molecule has 6 nitrogen and oxygen atoms in total. The highest BCUT2D eigenvalue weighted by Crippen LogP contribution is 2.20. The number of rotatable bonds is 8. The Labute approximate surface area is 162 Å². The molecule has 27 heavy (non-hydrogen) atoms. The topological polar surface area (TPSA) is 78.5 Å². The van der Waals surface area contributed by atoms with Crippen LogP contribution in [0, 0.1) is 5.92 Å². The number of likely N-dealkylation sites (tertiary alicyclic amines) is 1. The van der Waals surface area contributed by atoms with Crippen LogP contribution in [0.1, 0.15) is 16.9 Å². The maximum atomic E-state index is 12.3. The van der Waals surface area contributed by atoms with Crippen LogP contribution in [0.15, 0.2) is 47.8 Å². The van der Waals surface area contributed by atoms with Gasteiger partial charge in [-0.2, -0.15) is 0 Å². The van der Waals surface area contributed by atoms with Gasteiger partial charge in [-0.1, -0.05) is 36.4 Å². The summed E-state index contributed by atoms with van der Waals surface area (Å²) in [5.41, 5.74) is 1.06. The zero-order chi connectivity index (χ0) is 19.1. The molecular weight excluding hydrogens is 362 g/mol. The van der Waals surface area contributed by atoms with Crippen molar-refractivity contribution in [2.75, 3.05) is 19.6 Å². The van der Waals surface area contributed by atoms with Crippen molar-refractivity contribution >= 4 is 29.1 Å². The molecule has 1 aliphatic rings. The van der Waals surface area contributed by atoms with Gasteiger partial charge in [0, 0.05) is 37.5 Å². The lowest BCUT2D eigenvalue weighted by molar-refractivity contribution is -0.129. The Hall–Kier alpha value is -2.67. The number of thiophene rings is 1. The van der Waals surface area contributed by atoms with Crippen molar-refractivity contribution in [1.29, 1.82) is 0 Å². The second-order valence-corrected chi connectivity index (χ2v) is 7.59. The molecule has 2 N–H and O–H groups in total. The predicted molar refractivity (Wildman–Crippen MR) is 104 cm³/mol. The summed E-state index contributed by atoms with van der Waals surface area (Å²) in [7, 11) is 0. The molecular formula is C20H23N3O3S. The van der Waals surface area contributed by atoms with Crippen LogP contribution in [0.4, 0.5) is 0 Å². The van der Waals surface area contributed by atoms with Crippen LogP contribution in [-0.4, -0.2) is 42.3 Å². The molecule has 1 saturated heterocycles. The predicted octanol–water partition coefficient (Wildman–Crippen LogP) is 1.57. The SMILES string of the molecule is O=C(Cc1cccs1)NCCNC(=O)C1CC(=O)N(Cc2ccccc2)C1. The van der Waals surface area contributed by atoms with Crippen molar-refractivity contribution < 1.29 is 14.4 Å². The van der Waals surface area contributed by atoms with Crippen LogP contribution >= 0.6 is 11.3 Å². The summed E-state index contributed by atoms with van der Waals surface area (Å²) in [5.74, 6) is -0.519. The van der Waals surface area contributed by atoms with Crippen molar-refractivity contribution in [3.8, 4) is 0 Å². The molecule has 142 valence electrons. The maximum absolute atomic E-state index is 12.3. The summed E-state index contributed by atoms with van der Waals surface area (Å²) >= 11 is 1.55. The molecule has 0 spiro atoms. The summed E-state index contributed by atoms with van der Waals surface area (Å²) in [6.07, 6.45) is 0.598. The molecule has 1 aromatic heterocycles. The van der Waals surface area contributed by atoms with E-state index in [1.807, 2.05) is 47.8 Å². The minimum atomic E-state index is -0.331. The van der Waals surface area contributed by atoms with E-state index in [0.717, 1.165) is 10.4 Å². The van der Waals surface area contributed by atoms with E-state index < -0.39 is 0 Å². The number of carbonyl (C=O) groups is 3. The van der Waals surface area contributed by atoms with E-state index in [1.165, 1.54) is 0 Å². The molecule has 0 bridgehead atoms. The number of hydrogen-bond acceptors (Lipinski definition) is 4. The fourth-order valence-corrected chi connectivity index (χ4v) is 3.77. The molecule has 1 aliphatic heterocycles. The van der Waals surface area contributed by atoms with Crippen LogP contribution in [0.25, 0.3) is 0 Å². The highest BCUT2D eigenvalue weighted by Gasteiger charge is 2.33. The summed E-state index contributed by atoms with van der Waals surface area (Å²) < 4.78 is 0. The summed E-state index contributed by atoms with van der Waals surface area (Å²) in [6, 6.07) is 13.6. The molecule has 0 saturated carbocycles. The zero-order valence-corrected chi connectivity index (χ0v) is 15.8. The van der Waals surface area contributed by atoms with E-state index in [9.17, 15) is 14.4 Å². The minimum Gasteiger partial charge on any atom is -0.354 e. The average Bonchev–Trinajstić information content (AvgIpc) is 3.30. The van der Waals surface area contributed by atoms with Crippen LogP contribution in [0.5, 0.6) is 0 Å². The standard InChI is InChI=1S/C20H23N3O3S/c24-18(12-17-7-4-10-27-17)21-8-9-22-20(26)16-11-19(25)23(14-16)13-15-5-2-1-3-6-15/h1-7,10,16H,8-9,11-14H2,(H,21,24)(H,22,26). The van der Waals surface area contributed by atoms with Gasteiger partial charge < -0.3 is 15.5 Å². The Bertz CT molecular complexity index is 777. The third-order valence-corrected chi connectivity index (χ3v) is 5.34. The third-order valence-electron chi connectivity index (χ3n) is 4.46. The molecule has 1 aromatic carbocycles. The third kappa shape index (κ3) is 5.65. The number of amides is 3. The summed E-state index contributed by atoms with van der Waals surface area (Å²) in [5, 5.41) is 7.54. The van der Waals surface area contributed by atoms with Gasteiger partial charge in [0.1, 0.15) is 0 Å². The normalized spacial score (nSPS) is 16.4. The molecule has 3 amide bonds. The van der Waals surface area contributed by atoms with Crippen molar-refractivity contribution in [3.05, 3.63) is 58.3 Å². The molecule has 2 heterocycles. The molecule has 1 unspecified atom stereocenters. The van der Waals surface area contributed by atoms with Gasteiger partial charge in [0.05, 0.1) is 12.3 Å². The van der Waals surface area contributed by atoms with E-state index in [-0.39, 0.29) is 30.1 Å². The Kier molecular flexibility index (Phi) is 6.59. The average molecular weight is 385 g/mol. The van der Waals surface area contributed by atoms with Gasteiger partial charge in [0.25, 0.3) is 0 Å². The fraction of sp³-hybridized carbons (Fsp3) is 0.350. The van der Waals surface area contributed by atoms with Crippen LogP contribution in [0.2, 0.25) is 0 Å². The van der Waals surface area contributed by atoms with Gasteiger partial charge in [0.15, 0.2) is 0 Å². The van der Waals surface area contributed by atoms with E-state index in [1.54, 1.807) is 16.2 Å². The molecule has 0 aliphatic carbocycles. The first kappa shape index (κ1) is 19.1. The van der Waals surface area contributed by atoms with Crippen LogP contribution in [0.3, 0.4) is 0 Å². The summed E-state index contributed by atoms with van der Waals surface area (Å²) in [4.78, 5) is 39.0. The van der Waals surface area contributed by atoms with E-state index in [2.05, 4.69) is 10.6 Å². The van der Waals surface area contributed by atoms with E-state index >= 15 is 0 Å². The minimum absolute atomic E-state index is 0.00301. The molecule has 3 rings (SSSR count). The van der Waals surface area contributed by atoms with Crippen molar-refractivity contribution in [2.45, 2.75) is 19.4 Å². The Morgan fingerprint density at radius 1 is 1.07 bits per heavy atom. The first-order chi connectivity index (χ1) is 13.1. The lowest BCUT2D eigenvalue weighted by Crippen LogP contribution is -2.38. The number of carbonyl (C=O) groups excluding carboxylic acids is 3. The lowest BCUT2D eigenvalue weighted by atomic mass is 10.1. The quantitative estimate of drug-likeness (QED) is 0.677. The number of hydrogen-bond donors (Lipinski definition) is 2. The van der Waals surface area contributed by atoms with Crippen molar-refractivity contribution in [2.24, 2.45) is 5.92 Å². The monoisotopic (exact) mass is 385 g/mol. The Morgan fingerprint density at radius 3 is 2.59 bits per heavy atom.